The monoisotopic (exact) mass is 461 g/mol. The first-order chi connectivity index (χ1) is 14.7. The summed E-state index contributed by atoms with van der Waals surface area (Å²) in [6.07, 6.45) is -2.70. The van der Waals surface area contributed by atoms with Gasteiger partial charge in [-0.1, -0.05) is 22.8 Å². The first kappa shape index (κ1) is 24.2. The molecule has 3 N–H and O–H groups in total. The number of aromatic nitrogens is 1. The number of hydrogen-bond donors (Lipinski definition) is 3. The van der Waals surface area contributed by atoms with Gasteiger partial charge in [-0.05, 0) is 18.6 Å². The van der Waals surface area contributed by atoms with E-state index in [9.17, 15) is 27.9 Å². The van der Waals surface area contributed by atoms with Crippen molar-refractivity contribution >= 4 is 23.4 Å². The summed E-state index contributed by atoms with van der Waals surface area (Å²) in [7, 11) is 0. The van der Waals surface area contributed by atoms with Crippen LogP contribution >= 0.6 is 11.6 Å². The maximum absolute atomic E-state index is 13.4. The van der Waals surface area contributed by atoms with E-state index in [-0.39, 0.29) is 23.7 Å². The van der Waals surface area contributed by atoms with Gasteiger partial charge in [0.05, 0.1) is 17.2 Å². The third-order valence-electron chi connectivity index (χ3n) is 3.96. The third kappa shape index (κ3) is 7.30. The summed E-state index contributed by atoms with van der Waals surface area (Å²) in [6, 6.07) is 3.64. The Balaban J connectivity index is 1.76. The Hall–Kier alpha value is -3.05. The van der Waals surface area contributed by atoms with Crippen LogP contribution in [-0.4, -0.2) is 47.4 Å². The van der Waals surface area contributed by atoms with Gasteiger partial charge in [0, 0.05) is 18.7 Å². The number of alkyl halides is 2. The van der Waals surface area contributed by atoms with E-state index in [1.165, 1.54) is 18.2 Å². The highest BCUT2D eigenvalue weighted by molar-refractivity contribution is 6.30. The van der Waals surface area contributed by atoms with Crippen molar-refractivity contribution in [1.29, 1.82) is 0 Å². The number of rotatable bonds is 11. The highest BCUT2D eigenvalue weighted by atomic mass is 35.5. The molecule has 1 aromatic heterocycles. The Morgan fingerprint density at radius 2 is 2.10 bits per heavy atom. The molecule has 0 saturated heterocycles. The topological polar surface area (TPSA) is 114 Å². The summed E-state index contributed by atoms with van der Waals surface area (Å²) in [5, 5.41) is 18.0. The van der Waals surface area contributed by atoms with Crippen molar-refractivity contribution in [3.8, 4) is 5.75 Å². The maximum Gasteiger partial charge on any atom is 0.289 e. The summed E-state index contributed by atoms with van der Waals surface area (Å²) in [5.74, 6) is -2.39. The standard InChI is InChI=1S/C19H19ClF3N3O5/c1-2-13(25-17(28)9-30-10-3-4-11(20)12(21)7-10)15(27)5-6-24-19(29)16-8-14(18(22)23)26-31-16/h2-4,7-8,13,15,18,27H,1,5-6,9H2,(H,24,29)(H,25,28)/t13?,15-/m0/s1. The van der Waals surface area contributed by atoms with Gasteiger partial charge in [0.1, 0.15) is 11.6 Å². The number of hydrogen-bond acceptors (Lipinski definition) is 6. The number of nitrogens with one attached hydrogen (secondary N) is 2. The van der Waals surface area contributed by atoms with Crippen LogP contribution in [0.1, 0.15) is 29.1 Å². The molecule has 0 saturated carbocycles. The second-order valence-corrected chi connectivity index (χ2v) is 6.63. The largest absolute Gasteiger partial charge is 0.484 e. The number of halogens is 4. The minimum Gasteiger partial charge on any atom is -0.484 e. The van der Waals surface area contributed by atoms with Crippen molar-refractivity contribution in [2.45, 2.75) is 25.0 Å². The number of aliphatic hydroxyl groups is 1. The molecule has 1 heterocycles. The molecule has 168 valence electrons. The average Bonchev–Trinajstić information content (AvgIpc) is 3.23. The van der Waals surface area contributed by atoms with Gasteiger partial charge in [0.2, 0.25) is 5.76 Å². The molecule has 0 radical (unpaired) electrons. The Labute approximate surface area is 180 Å². The highest BCUT2D eigenvalue weighted by Gasteiger charge is 2.21. The van der Waals surface area contributed by atoms with Crippen LogP contribution < -0.4 is 15.4 Å². The average molecular weight is 462 g/mol. The molecule has 0 spiro atoms. The Morgan fingerprint density at radius 3 is 2.71 bits per heavy atom. The molecule has 2 rings (SSSR count). The molecule has 0 fully saturated rings. The van der Waals surface area contributed by atoms with Crippen LogP contribution in [0.3, 0.4) is 0 Å². The second-order valence-electron chi connectivity index (χ2n) is 6.22. The van der Waals surface area contributed by atoms with Crippen LogP contribution in [0, 0.1) is 5.82 Å². The number of ether oxygens (including phenoxy) is 1. The molecular weight excluding hydrogens is 443 g/mol. The zero-order chi connectivity index (χ0) is 23.0. The van der Waals surface area contributed by atoms with Gasteiger partial charge in [-0.25, -0.2) is 13.2 Å². The number of carbonyl (C=O) groups is 2. The molecule has 8 nitrogen and oxygen atoms in total. The molecule has 2 atom stereocenters. The van der Waals surface area contributed by atoms with E-state index in [1.807, 2.05) is 0 Å². The number of benzene rings is 1. The van der Waals surface area contributed by atoms with Crippen molar-refractivity contribution in [3.05, 3.63) is 59.2 Å². The molecule has 0 aliphatic rings. The van der Waals surface area contributed by atoms with E-state index in [4.69, 9.17) is 16.3 Å². The number of aliphatic hydroxyl groups excluding tert-OH is 1. The lowest BCUT2D eigenvalue weighted by Crippen LogP contribution is -2.45. The molecular formula is C19H19ClF3N3O5. The maximum atomic E-state index is 13.4. The van der Waals surface area contributed by atoms with Gasteiger partial charge in [0.15, 0.2) is 12.3 Å². The molecule has 0 aliphatic heterocycles. The first-order valence-electron chi connectivity index (χ1n) is 8.92. The normalized spacial score (nSPS) is 12.8. The first-order valence-corrected chi connectivity index (χ1v) is 9.29. The van der Waals surface area contributed by atoms with E-state index in [2.05, 4.69) is 26.9 Å². The van der Waals surface area contributed by atoms with Gasteiger partial charge in [0.25, 0.3) is 18.2 Å². The number of carbonyl (C=O) groups excluding carboxylic acids is 2. The van der Waals surface area contributed by atoms with Crippen molar-refractivity contribution < 1.29 is 37.1 Å². The van der Waals surface area contributed by atoms with Crippen molar-refractivity contribution in [2.75, 3.05) is 13.2 Å². The quantitative estimate of drug-likeness (QED) is 0.443. The second kappa shape index (κ2) is 11.4. The van der Waals surface area contributed by atoms with Crippen molar-refractivity contribution in [3.63, 3.8) is 0 Å². The Morgan fingerprint density at radius 1 is 1.35 bits per heavy atom. The van der Waals surface area contributed by atoms with Gasteiger partial charge < -0.3 is 25.0 Å². The minimum atomic E-state index is -2.87. The van der Waals surface area contributed by atoms with Crippen LogP contribution in [-0.2, 0) is 4.79 Å². The Kier molecular flexibility index (Phi) is 8.88. The fourth-order valence-corrected chi connectivity index (χ4v) is 2.47. The molecule has 2 amide bonds. The van der Waals surface area contributed by atoms with Crippen LogP contribution in [0.4, 0.5) is 13.2 Å². The van der Waals surface area contributed by atoms with Crippen LogP contribution in [0.25, 0.3) is 0 Å². The lowest BCUT2D eigenvalue weighted by molar-refractivity contribution is -0.124. The van der Waals surface area contributed by atoms with Gasteiger partial charge >= 0.3 is 0 Å². The molecule has 12 heteroatoms. The summed E-state index contributed by atoms with van der Waals surface area (Å²) in [5.41, 5.74) is -0.664. The molecule has 31 heavy (non-hydrogen) atoms. The molecule has 0 aliphatic carbocycles. The van der Waals surface area contributed by atoms with Crippen LogP contribution in [0.5, 0.6) is 5.75 Å². The summed E-state index contributed by atoms with van der Waals surface area (Å²) in [4.78, 5) is 23.8. The van der Waals surface area contributed by atoms with Crippen LogP contribution in [0.2, 0.25) is 5.02 Å². The molecule has 1 aromatic carbocycles. The molecule has 0 bridgehead atoms. The smallest absolute Gasteiger partial charge is 0.289 e. The van der Waals surface area contributed by atoms with E-state index in [0.717, 1.165) is 12.1 Å². The molecule has 2 aromatic rings. The van der Waals surface area contributed by atoms with Crippen molar-refractivity contribution in [1.82, 2.24) is 15.8 Å². The minimum absolute atomic E-state index is 0.00179. The predicted molar refractivity (Wildman–Crippen MR) is 103 cm³/mol. The SMILES string of the molecule is C=CC(NC(=O)COc1ccc(Cl)c(F)c1)[C@@H](O)CCNC(=O)c1cc(C(F)F)no1. The van der Waals surface area contributed by atoms with Gasteiger partial charge in [-0.15, -0.1) is 6.58 Å². The van der Waals surface area contributed by atoms with Gasteiger partial charge in [-0.2, -0.15) is 0 Å². The van der Waals surface area contributed by atoms with Crippen LogP contribution in [0.15, 0.2) is 41.4 Å². The summed E-state index contributed by atoms with van der Waals surface area (Å²) in [6.45, 7) is 3.02. The summed E-state index contributed by atoms with van der Waals surface area (Å²) < 4.78 is 48.0. The fourth-order valence-electron chi connectivity index (χ4n) is 2.35. The van der Waals surface area contributed by atoms with E-state index < -0.39 is 54.3 Å². The zero-order valence-electron chi connectivity index (χ0n) is 16.0. The predicted octanol–water partition coefficient (Wildman–Crippen LogP) is 2.64. The van der Waals surface area contributed by atoms with E-state index in [1.54, 1.807) is 0 Å². The Bertz CT molecular complexity index is 925. The third-order valence-corrected chi connectivity index (χ3v) is 4.27. The highest BCUT2D eigenvalue weighted by Crippen LogP contribution is 2.20. The van der Waals surface area contributed by atoms with Gasteiger partial charge in [-0.3, -0.25) is 9.59 Å². The summed E-state index contributed by atoms with van der Waals surface area (Å²) >= 11 is 5.56. The lowest BCUT2D eigenvalue weighted by atomic mass is 10.1. The van der Waals surface area contributed by atoms with Crippen molar-refractivity contribution in [2.24, 2.45) is 0 Å². The zero-order valence-corrected chi connectivity index (χ0v) is 16.7. The van der Waals surface area contributed by atoms with E-state index >= 15 is 0 Å². The number of amides is 2. The number of nitrogens with zero attached hydrogens (tertiary/aromatic N) is 1. The van der Waals surface area contributed by atoms with E-state index in [0.29, 0.717) is 0 Å². The fraction of sp³-hybridized carbons (Fsp3) is 0.316. The molecule has 1 unspecified atom stereocenters. The lowest BCUT2D eigenvalue weighted by Gasteiger charge is -2.21.